The number of hydrazine groups is 1. The lowest BCUT2D eigenvalue weighted by Gasteiger charge is -2.50. The molecule has 0 spiro atoms. The number of halogens is 3. The van der Waals surface area contributed by atoms with E-state index >= 15 is 4.79 Å². The van der Waals surface area contributed by atoms with Gasteiger partial charge in [-0.1, -0.05) is 70.6 Å². The monoisotopic (exact) mass is 745 g/mol. The molecule has 4 amide bonds. The van der Waals surface area contributed by atoms with Gasteiger partial charge in [0.2, 0.25) is 11.8 Å². The van der Waals surface area contributed by atoms with Crippen LogP contribution in [0.4, 0.5) is 10.1 Å². The number of nitrogens with zero attached hydrogens (tertiary/aromatic N) is 2. The SMILES string of the molecule is O=C1C2CC3C(=CCC4C(=O)N(C5CCCCC5)C(=O)C43)C(c3cc(Br)ccc3O)C2(c2ccc(Cl)cc2)C(=O)N1Nc1ccc(F)cc1. The van der Waals surface area contributed by atoms with Crippen LogP contribution in [0.15, 0.2) is 82.9 Å². The number of benzene rings is 3. The zero-order valence-corrected chi connectivity index (χ0v) is 28.8. The molecule has 6 atom stereocenters. The molecule has 0 radical (unpaired) electrons. The second-order valence-corrected chi connectivity index (χ2v) is 15.3. The van der Waals surface area contributed by atoms with E-state index in [-0.39, 0.29) is 30.0 Å². The van der Waals surface area contributed by atoms with Crippen molar-refractivity contribution in [3.8, 4) is 5.75 Å². The Hall–Kier alpha value is -4.02. The minimum absolute atomic E-state index is 0.0631. The molecule has 3 aromatic carbocycles. The summed E-state index contributed by atoms with van der Waals surface area (Å²) in [6.45, 7) is 0. The molecule has 2 heterocycles. The summed E-state index contributed by atoms with van der Waals surface area (Å²) in [6, 6.07) is 17.1. The fraction of sp³-hybridized carbons (Fsp3) is 0.368. The zero-order valence-electron chi connectivity index (χ0n) is 26.5. The second-order valence-electron chi connectivity index (χ2n) is 13.9. The third kappa shape index (κ3) is 4.88. The molecule has 0 aromatic heterocycles. The highest BCUT2D eigenvalue weighted by atomic mass is 79.9. The largest absolute Gasteiger partial charge is 0.508 e. The van der Waals surface area contributed by atoms with Gasteiger partial charge in [0, 0.05) is 27.0 Å². The number of rotatable bonds is 5. The van der Waals surface area contributed by atoms with Crippen LogP contribution in [0.3, 0.4) is 0 Å². The normalized spacial score (nSPS) is 29.9. The fourth-order valence-corrected chi connectivity index (χ4v) is 9.98. The van der Waals surface area contributed by atoms with E-state index in [1.165, 1.54) is 29.2 Å². The predicted octanol–water partition coefficient (Wildman–Crippen LogP) is 7.26. The van der Waals surface area contributed by atoms with Crippen LogP contribution < -0.4 is 5.43 Å². The molecule has 2 saturated heterocycles. The predicted molar refractivity (Wildman–Crippen MR) is 184 cm³/mol. The molecule has 11 heteroatoms. The molecule has 5 aliphatic rings. The average Bonchev–Trinajstić information content (AvgIpc) is 3.48. The number of anilines is 1. The first-order valence-electron chi connectivity index (χ1n) is 16.8. The van der Waals surface area contributed by atoms with Crippen LogP contribution in [0.2, 0.25) is 5.02 Å². The van der Waals surface area contributed by atoms with Crippen LogP contribution in [0, 0.1) is 29.5 Å². The quantitative estimate of drug-likeness (QED) is 0.210. The molecule has 49 heavy (non-hydrogen) atoms. The number of allylic oxidation sites excluding steroid dienone is 2. The molecule has 8 nitrogen and oxygen atoms in total. The van der Waals surface area contributed by atoms with E-state index in [1.54, 1.807) is 42.5 Å². The maximum Gasteiger partial charge on any atom is 0.260 e. The number of hydrogen-bond donors (Lipinski definition) is 2. The molecule has 3 aromatic rings. The number of fused-ring (bicyclic) bond motifs is 4. The van der Waals surface area contributed by atoms with Crippen molar-refractivity contribution in [1.82, 2.24) is 9.91 Å². The van der Waals surface area contributed by atoms with Gasteiger partial charge < -0.3 is 5.11 Å². The lowest BCUT2D eigenvalue weighted by Crippen LogP contribution is -2.53. The maximum atomic E-state index is 15.2. The average molecular weight is 747 g/mol. The summed E-state index contributed by atoms with van der Waals surface area (Å²) in [4.78, 5) is 59.8. The molecule has 252 valence electrons. The van der Waals surface area contributed by atoms with Crippen LogP contribution in [0.5, 0.6) is 5.75 Å². The van der Waals surface area contributed by atoms with Crippen molar-refractivity contribution in [1.29, 1.82) is 0 Å². The smallest absolute Gasteiger partial charge is 0.260 e. The number of phenols is 1. The molecule has 6 unspecified atom stereocenters. The van der Waals surface area contributed by atoms with E-state index in [0.717, 1.165) is 42.7 Å². The van der Waals surface area contributed by atoms with Crippen molar-refractivity contribution in [2.24, 2.45) is 23.7 Å². The Labute approximate surface area is 296 Å². The molecule has 2 N–H and O–H groups in total. The highest BCUT2D eigenvalue weighted by molar-refractivity contribution is 9.10. The first-order chi connectivity index (χ1) is 23.6. The van der Waals surface area contributed by atoms with E-state index < -0.39 is 52.6 Å². The Balaban J connectivity index is 1.32. The molecule has 8 rings (SSSR count). The molecular formula is C38H34BrClFN3O5. The van der Waals surface area contributed by atoms with Crippen LogP contribution in [-0.4, -0.2) is 44.7 Å². The summed E-state index contributed by atoms with van der Waals surface area (Å²) in [5, 5.41) is 13.0. The van der Waals surface area contributed by atoms with Gasteiger partial charge >= 0.3 is 0 Å². The first kappa shape index (κ1) is 32.2. The van der Waals surface area contributed by atoms with Gasteiger partial charge in [0.15, 0.2) is 0 Å². The number of phenolic OH excluding ortho intramolecular Hbond substituents is 1. The van der Waals surface area contributed by atoms with Crippen molar-refractivity contribution in [3.05, 3.63) is 105 Å². The minimum Gasteiger partial charge on any atom is -0.508 e. The molecular weight excluding hydrogens is 713 g/mol. The van der Waals surface area contributed by atoms with Crippen LogP contribution in [-0.2, 0) is 24.6 Å². The topological polar surface area (TPSA) is 107 Å². The summed E-state index contributed by atoms with van der Waals surface area (Å²) in [7, 11) is 0. The number of nitrogens with one attached hydrogen (secondary N) is 1. The van der Waals surface area contributed by atoms with Crippen molar-refractivity contribution in [2.45, 2.75) is 62.3 Å². The molecule has 2 aliphatic heterocycles. The summed E-state index contributed by atoms with van der Waals surface area (Å²) in [5.74, 6) is -5.56. The lowest BCUT2D eigenvalue weighted by molar-refractivity contribution is -0.144. The Bertz CT molecular complexity index is 1910. The van der Waals surface area contributed by atoms with Crippen LogP contribution >= 0.6 is 27.5 Å². The highest BCUT2D eigenvalue weighted by Crippen LogP contribution is 2.65. The third-order valence-electron chi connectivity index (χ3n) is 11.5. The van der Waals surface area contributed by atoms with Gasteiger partial charge in [-0.05, 0) is 91.8 Å². The Morgan fingerprint density at radius 1 is 0.878 bits per heavy atom. The number of carbonyl (C=O) groups excluding carboxylic acids is 4. The van der Waals surface area contributed by atoms with Crippen molar-refractivity contribution >= 4 is 56.8 Å². The van der Waals surface area contributed by atoms with Gasteiger partial charge in [-0.2, -0.15) is 5.01 Å². The maximum absolute atomic E-state index is 15.2. The van der Waals surface area contributed by atoms with Gasteiger partial charge in [-0.25, -0.2) is 4.39 Å². The number of hydrogen-bond acceptors (Lipinski definition) is 6. The standard InChI is InChI=1S/C38H34BrClFN3O5/c39-21-8-17-31(45)29(18-21)33-26-15-16-27-32(36(48)43(34(27)46)25-4-2-1-3-5-25)28(26)19-30-35(47)44(42-24-13-11-23(41)12-14-24)37(49)38(30,33)20-6-9-22(40)10-7-20/h6-15,17-18,25,27-28,30,32-33,42,45H,1-5,16,19H2. The molecule has 3 aliphatic carbocycles. The Morgan fingerprint density at radius 2 is 1.59 bits per heavy atom. The Morgan fingerprint density at radius 3 is 2.31 bits per heavy atom. The van der Waals surface area contributed by atoms with Gasteiger partial charge in [0.25, 0.3) is 11.8 Å². The van der Waals surface area contributed by atoms with Gasteiger partial charge in [0.05, 0.1) is 28.9 Å². The molecule has 0 bridgehead atoms. The number of imide groups is 2. The summed E-state index contributed by atoms with van der Waals surface area (Å²) in [6.07, 6.45) is 7.03. The van der Waals surface area contributed by atoms with Gasteiger partial charge in [-0.3, -0.25) is 29.5 Å². The number of amides is 4. The first-order valence-corrected chi connectivity index (χ1v) is 18.0. The molecule has 4 fully saturated rings. The van der Waals surface area contributed by atoms with E-state index in [1.807, 2.05) is 6.08 Å². The number of carbonyl (C=O) groups is 4. The highest BCUT2D eigenvalue weighted by Gasteiger charge is 2.70. The van der Waals surface area contributed by atoms with E-state index in [4.69, 9.17) is 11.6 Å². The zero-order chi connectivity index (χ0) is 34.2. The van der Waals surface area contributed by atoms with Crippen molar-refractivity contribution in [2.75, 3.05) is 5.43 Å². The fourth-order valence-electron chi connectivity index (χ4n) is 9.48. The Kier molecular flexibility index (Phi) is 7.94. The van der Waals surface area contributed by atoms with E-state index in [9.17, 15) is 23.9 Å². The summed E-state index contributed by atoms with van der Waals surface area (Å²) in [5.41, 5.74) is 3.44. The lowest BCUT2D eigenvalue weighted by atomic mass is 9.49. The number of aromatic hydroxyl groups is 1. The minimum atomic E-state index is -1.56. The number of likely N-dealkylation sites (tertiary alicyclic amines) is 1. The van der Waals surface area contributed by atoms with E-state index in [0.29, 0.717) is 32.7 Å². The van der Waals surface area contributed by atoms with Crippen molar-refractivity contribution < 1.29 is 28.7 Å². The summed E-state index contributed by atoms with van der Waals surface area (Å²) < 4.78 is 14.5. The van der Waals surface area contributed by atoms with Crippen molar-refractivity contribution in [3.63, 3.8) is 0 Å². The van der Waals surface area contributed by atoms with E-state index in [2.05, 4.69) is 21.4 Å². The van der Waals surface area contributed by atoms with Crippen LogP contribution in [0.25, 0.3) is 0 Å². The third-order valence-corrected chi connectivity index (χ3v) is 12.3. The summed E-state index contributed by atoms with van der Waals surface area (Å²) >= 11 is 9.90. The van der Waals surface area contributed by atoms with Crippen LogP contribution in [0.1, 0.15) is 62.0 Å². The van der Waals surface area contributed by atoms with Gasteiger partial charge in [0.1, 0.15) is 11.6 Å². The second kappa shape index (κ2) is 12.1. The molecule has 2 saturated carbocycles. The van der Waals surface area contributed by atoms with Gasteiger partial charge in [-0.15, -0.1) is 0 Å².